The van der Waals surface area contributed by atoms with E-state index in [1.54, 1.807) is 11.8 Å². The smallest absolute Gasteiger partial charge is 0.189 e. The Labute approximate surface area is 118 Å². The van der Waals surface area contributed by atoms with E-state index in [9.17, 15) is 0 Å². The number of hydrogen-bond donors (Lipinski definition) is 0. The third kappa shape index (κ3) is 3.47. The van der Waals surface area contributed by atoms with E-state index in [1.807, 2.05) is 29.4 Å². The topological polar surface area (TPSA) is 46.8 Å². The van der Waals surface area contributed by atoms with Crippen LogP contribution in [0.3, 0.4) is 0 Å². The van der Waals surface area contributed by atoms with Crippen LogP contribution in [-0.2, 0) is 13.1 Å². The lowest BCUT2D eigenvalue weighted by molar-refractivity contribution is 0.658. The number of anilines is 1. The van der Waals surface area contributed by atoms with Crippen molar-refractivity contribution in [2.75, 3.05) is 17.7 Å². The van der Waals surface area contributed by atoms with E-state index in [0.29, 0.717) is 0 Å². The zero-order valence-corrected chi connectivity index (χ0v) is 12.4. The molecule has 19 heavy (non-hydrogen) atoms. The summed E-state index contributed by atoms with van der Waals surface area (Å²) in [6, 6.07) is 1.95. The molecule has 0 atom stereocenters. The average Bonchev–Trinajstić information content (AvgIpc) is 2.92. The van der Waals surface area contributed by atoms with Crippen LogP contribution in [0.15, 0.2) is 29.8 Å². The van der Waals surface area contributed by atoms with Crippen molar-refractivity contribution < 1.29 is 0 Å². The van der Waals surface area contributed by atoms with Crippen LogP contribution in [0.2, 0.25) is 0 Å². The molecule has 5 nitrogen and oxygen atoms in total. The molecular formula is C13H19N5S. The molecule has 102 valence electrons. The Hall–Kier alpha value is -1.56. The van der Waals surface area contributed by atoms with Gasteiger partial charge in [0.05, 0.1) is 6.20 Å². The molecule has 0 unspecified atom stereocenters. The van der Waals surface area contributed by atoms with Gasteiger partial charge in [-0.2, -0.15) is 5.10 Å². The van der Waals surface area contributed by atoms with Gasteiger partial charge in [-0.1, -0.05) is 11.8 Å². The predicted molar refractivity (Wildman–Crippen MR) is 78.4 cm³/mol. The average molecular weight is 277 g/mol. The predicted octanol–water partition coefficient (Wildman–Crippen LogP) is 2.44. The van der Waals surface area contributed by atoms with Crippen LogP contribution >= 0.6 is 11.8 Å². The first-order valence-corrected chi connectivity index (χ1v) is 7.62. The number of thioether (sulfide) groups is 1. The fraction of sp³-hybridized carbons (Fsp3) is 0.462. The van der Waals surface area contributed by atoms with Gasteiger partial charge in [0.15, 0.2) is 5.16 Å². The van der Waals surface area contributed by atoms with Crippen LogP contribution in [0.5, 0.6) is 0 Å². The molecule has 0 aromatic carbocycles. The molecule has 0 bridgehead atoms. The Morgan fingerprint density at radius 2 is 2.21 bits per heavy atom. The third-order valence-corrected chi connectivity index (χ3v) is 3.45. The summed E-state index contributed by atoms with van der Waals surface area (Å²) >= 11 is 1.56. The van der Waals surface area contributed by atoms with Crippen LogP contribution < -0.4 is 4.90 Å². The quantitative estimate of drug-likeness (QED) is 0.599. The van der Waals surface area contributed by atoms with E-state index in [4.69, 9.17) is 0 Å². The molecule has 0 fully saturated rings. The highest BCUT2D eigenvalue weighted by Gasteiger charge is 2.09. The van der Waals surface area contributed by atoms with E-state index in [0.717, 1.165) is 30.6 Å². The molecule has 0 saturated heterocycles. The van der Waals surface area contributed by atoms with Crippen molar-refractivity contribution in [1.82, 2.24) is 19.7 Å². The monoisotopic (exact) mass is 277 g/mol. The summed E-state index contributed by atoms with van der Waals surface area (Å²) in [5.41, 5.74) is 1.20. The number of aromatic nitrogens is 4. The van der Waals surface area contributed by atoms with Gasteiger partial charge in [0.1, 0.15) is 5.82 Å². The van der Waals surface area contributed by atoms with Gasteiger partial charge >= 0.3 is 0 Å². The maximum absolute atomic E-state index is 4.54. The van der Waals surface area contributed by atoms with Crippen molar-refractivity contribution in [3.8, 4) is 0 Å². The van der Waals surface area contributed by atoms with E-state index >= 15 is 0 Å². The molecule has 2 heterocycles. The molecule has 2 aromatic rings. The first-order chi connectivity index (χ1) is 9.26. The Balaban J connectivity index is 2.14. The molecule has 0 radical (unpaired) electrons. The highest BCUT2D eigenvalue weighted by molar-refractivity contribution is 7.98. The molecule has 2 aromatic heterocycles. The van der Waals surface area contributed by atoms with Crippen LogP contribution in [0, 0.1) is 0 Å². The summed E-state index contributed by atoms with van der Waals surface area (Å²) in [5, 5.41) is 5.11. The zero-order chi connectivity index (χ0) is 13.7. The molecule has 0 aliphatic heterocycles. The van der Waals surface area contributed by atoms with Gasteiger partial charge in [-0.3, -0.25) is 4.68 Å². The molecule has 0 aliphatic rings. The minimum Gasteiger partial charge on any atom is -0.352 e. The van der Waals surface area contributed by atoms with Crippen molar-refractivity contribution >= 4 is 17.6 Å². The summed E-state index contributed by atoms with van der Waals surface area (Å²) in [7, 11) is 0. The van der Waals surface area contributed by atoms with Crippen LogP contribution in [0.4, 0.5) is 5.82 Å². The van der Waals surface area contributed by atoms with Crippen molar-refractivity contribution in [2.24, 2.45) is 0 Å². The fourth-order valence-corrected chi connectivity index (χ4v) is 2.19. The molecular weight excluding hydrogens is 258 g/mol. The van der Waals surface area contributed by atoms with Crippen LogP contribution in [0.25, 0.3) is 0 Å². The standard InChI is InChI=1S/C13H19N5S/c1-4-17(9-11-8-15-18(5-2)10-11)12-6-7-14-13(16-12)19-3/h6-8,10H,4-5,9H2,1-3H3. The van der Waals surface area contributed by atoms with Crippen molar-refractivity contribution in [1.29, 1.82) is 0 Å². The number of nitrogens with zero attached hydrogens (tertiary/aromatic N) is 5. The summed E-state index contributed by atoms with van der Waals surface area (Å²) < 4.78 is 1.94. The summed E-state index contributed by atoms with van der Waals surface area (Å²) in [6.45, 7) is 6.84. The second-order valence-electron chi connectivity index (χ2n) is 4.12. The molecule has 6 heteroatoms. The van der Waals surface area contributed by atoms with Gasteiger partial charge in [-0.15, -0.1) is 0 Å². The first-order valence-electron chi connectivity index (χ1n) is 6.40. The van der Waals surface area contributed by atoms with E-state index in [2.05, 4.69) is 40.0 Å². The molecule has 0 saturated carbocycles. The lowest BCUT2D eigenvalue weighted by Gasteiger charge is -2.21. The fourth-order valence-electron chi connectivity index (χ4n) is 1.84. The first kappa shape index (κ1) is 13.9. The summed E-state index contributed by atoms with van der Waals surface area (Å²) in [6.07, 6.45) is 7.80. The minimum atomic E-state index is 0.806. The third-order valence-electron chi connectivity index (χ3n) is 2.89. The molecule has 0 N–H and O–H groups in total. The van der Waals surface area contributed by atoms with Gasteiger partial charge < -0.3 is 4.90 Å². The Kier molecular flexibility index (Phi) is 4.79. The van der Waals surface area contributed by atoms with E-state index in [1.165, 1.54) is 5.56 Å². The molecule has 0 amide bonds. The maximum Gasteiger partial charge on any atom is 0.189 e. The zero-order valence-electron chi connectivity index (χ0n) is 11.6. The number of aryl methyl sites for hydroxylation is 1. The lowest BCUT2D eigenvalue weighted by Crippen LogP contribution is -2.23. The molecule has 0 spiro atoms. The SMILES string of the molecule is CCN(Cc1cnn(CC)c1)c1ccnc(SC)n1. The highest BCUT2D eigenvalue weighted by Crippen LogP contribution is 2.17. The summed E-state index contributed by atoms with van der Waals surface area (Å²) in [5.74, 6) is 0.964. The van der Waals surface area contributed by atoms with Crippen molar-refractivity contribution in [2.45, 2.75) is 32.1 Å². The van der Waals surface area contributed by atoms with Crippen LogP contribution in [-0.4, -0.2) is 32.5 Å². The second-order valence-corrected chi connectivity index (χ2v) is 4.89. The Morgan fingerprint density at radius 3 is 2.84 bits per heavy atom. The Bertz CT molecular complexity index is 525. The van der Waals surface area contributed by atoms with Gasteiger partial charge in [0, 0.05) is 37.6 Å². The molecule has 0 aliphatic carbocycles. The lowest BCUT2D eigenvalue weighted by atomic mass is 10.3. The minimum absolute atomic E-state index is 0.806. The van der Waals surface area contributed by atoms with Gasteiger partial charge in [-0.05, 0) is 26.2 Å². The molecule has 2 rings (SSSR count). The largest absolute Gasteiger partial charge is 0.352 e. The van der Waals surface area contributed by atoms with Crippen molar-refractivity contribution in [3.05, 3.63) is 30.2 Å². The number of hydrogen-bond acceptors (Lipinski definition) is 5. The van der Waals surface area contributed by atoms with E-state index < -0.39 is 0 Å². The number of rotatable bonds is 6. The van der Waals surface area contributed by atoms with Crippen LogP contribution in [0.1, 0.15) is 19.4 Å². The summed E-state index contributed by atoms with van der Waals surface area (Å²) in [4.78, 5) is 11.0. The van der Waals surface area contributed by atoms with Gasteiger partial charge in [0.2, 0.25) is 0 Å². The van der Waals surface area contributed by atoms with Gasteiger partial charge in [-0.25, -0.2) is 9.97 Å². The maximum atomic E-state index is 4.54. The van der Waals surface area contributed by atoms with Gasteiger partial charge in [0.25, 0.3) is 0 Å². The van der Waals surface area contributed by atoms with E-state index in [-0.39, 0.29) is 0 Å². The highest BCUT2D eigenvalue weighted by atomic mass is 32.2. The normalized spacial score (nSPS) is 10.7. The van der Waals surface area contributed by atoms with Crippen molar-refractivity contribution in [3.63, 3.8) is 0 Å². The Morgan fingerprint density at radius 1 is 1.37 bits per heavy atom. The second kappa shape index (κ2) is 6.56.